The monoisotopic (exact) mass is 314 g/mol. The highest BCUT2D eigenvalue weighted by Gasteiger charge is 2.16. The van der Waals surface area contributed by atoms with Crippen molar-refractivity contribution < 1.29 is 14.5 Å². The van der Waals surface area contributed by atoms with Crippen LogP contribution in [0.3, 0.4) is 0 Å². The first-order valence-electron chi connectivity index (χ1n) is 7.20. The number of nitrogens with two attached hydrogens (primary N) is 1. The van der Waals surface area contributed by atoms with E-state index in [1.165, 1.54) is 18.2 Å². The lowest BCUT2D eigenvalue weighted by Crippen LogP contribution is -2.07. The van der Waals surface area contributed by atoms with E-state index in [2.05, 4.69) is 0 Å². The summed E-state index contributed by atoms with van der Waals surface area (Å²) in [5.74, 6) is -0.270. The first-order valence-corrected chi connectivity index (χ1v) is 7.20. The highest BCUT2D eigenvalue weighted by atomic mass is 16.6. The molecular formula is C17H18N2O4. The van der Waals surface area contributed by atoms with E-state index in [1.54, 1.807) is 24.3 Å². The minimum Gasteiger partial charge on any atom is -0.462 e. The van der Waals surface area contributed by atoms with Gasteiger partial charge in [0.25, 0.3) is 5.69 Å². The highest BCUT2D eigenvalue weighted by molar-refractivity contribution is 6.03. The topological polar surface area (TPSA) is 95.5 Å². The fraction of sp³-hybridized carbons (Fsp3) is 0.235. The maximum Gasteiger partial charge on any atom is 0.330 e. The molecule has 0 aliphatic rings. The van der Waals surface area contributed by atoms with Gasteiger partial charge in [0.15, 0.2) is 0 Å². The zero-order valence-corrected chi connectivity index (χ0v) is 13.0. The van der Waals surface area contributed by atoms with Gasteiger partial charge in [-0.1, -0.05) is 32.0 Å². The minimum absolute atomic E-state index is 0.0509. The number of ether oxygens (including phenoxy) is 1. The zero-order valence-electron chi connectivity index (χ0n) is 13.0. The van der Waals surface area contributed by atoms with Gasteiger partial charge in [0.2, 0.25) is 0 Å². The number of carbonyl (C=O) groups is 1. The highest BCUT2D eigenvalue weighted by Crippen LogP contribution is 2.33. The molecule has 0 saturated heterocycles. The zero-order chi connectivity index (χ0) is 17.0. The van der Waals surface area contributed by atoms with Crippen LogP contribution in [-0.4, -0.2) is 17.5 Å². The number of fused-ring (bicyclic) bond motifs is 1. The van der Waals surface area contributed by atoms with E-state index in [1.807, 2.05) is 13.8 Å². The van der Waals surface area contributed by atoms with Crippen LogP contribution >= 0.6 is 0 Å². The fourth-order valence-corrected chi connectivity index (χ4v) is 2.14. The number of benzene rings is 2. The predicted octanol–water partition coefficient (Wildman–Crippen LogP) is 3.54. The third kappa shape index (κ3) is 3.85. The van der Waals surface area contributed by atoms with Crippen molar-refractivity contribution in [2.24, 2.45) is 5.92 Å². The van der Waals surface area contributed by atoms with E-state index in [9.17, 15) is 14.9 Å². The second-order valence-corrected chi connectivity index (χ2v) is 5.56. The van der Waals surface area contributed by atoms with Crippen molar-refractivity contribution in [1.29, 1.82) is 0 Å². The lowest BCUT2D eigenvalue weighted by atomic mass is 10.0. The number of rotatable bonds is 5. The summed E-state index contributed by atoms with van der Waals surface area (Å²) in [4.78, 5) is 22.4. The molecule has 6 heteroatoms. The fourth-order valence-electron chi connectivity index (χ4n) is 2.14. The Morgan fingerprint density at radius 3 is 2.61 bits per heavy atom. The maximum absolute atomic E-state index is 11.6. The normalized spacial score (nSPS) is 11.3. The molecule has 0 aromatic heterocycles. The van der Waals surface area contributed by atoms with E-state index in [4.69, 9.17) is 10.5 Å². The van der Waals surface area contributed by atoms with Crippen LogP contribution in [0.2, 0.25) is 0 Å². The van der Waals surface area contributed by atoms with Gasteiger partial charge in [-0.2, -0.15) is 0 Å². The average molecular weight is 314 g/mol. The van der Waals surface area contributed by atoms with Gasteiger partial charge >= 0.3 is 5.97 Å². The van der Waals surface area contributed by atoms with Crippen LogP contribution < -0.4 is 5.73 Å². The van der Waals surface area contributed by atoms with Crippen molar-refractivity contribution in [3.05, 3.63) is 52.1 Å². The molecule has 0 unspecified atom stereocenters. The number of esters is 1. The number of non-ortho nitro benzene ring substituents is 1. The molecule has 0 spiro atoms. The SMILES string of the molecule is CC(C)COC(=O)/C=C\c1cc([N+](=O)[O-])c2ccccc2c1N. The molecular weight excluding hydrogens is 296 g/mol. The van der Waals surface area contributed by atoms with E-state index >= 15 is 0 Å². The van der Waals surface area contributed by atoms with Gasteiger partial charge in [-0.3, -0.25) is 10.1 Å². The molecule has 2 aromatic rings. The van der Waals surface area contributed by atoms with Crippen LogP contribution in [0, 0.1) is 16.0 Å². The summed E-state index contributed by atoms with van der Waals surface area (Å²) in [5.41, 5.74) is 6.82. The number of carbonyl (C=O) groups excluding carboxylic acids is 1. The summed E-state index contributed by atoms with van der Waals surface area (Å²) in [7, 11) is 0. The molecule has 0 bridgehead atoms. The van der Waals surface area contributed by atoms with Gasteiger partial charge < -0.3 is 10.5 Å². The van der Waals surface area contributed by atoms with Crippen molar-refractivity contribution >= 4 is 34.2 Å². The van der Waals surface area contributed by atoms with Gasteiger partial charge in [0.05, 0.1) is 16.9 Å². The van der Waals surface area contributed by atoms with E-state index < -0.39 is 10.9 Å². The molecule has 0 aliphatic carbocycles. The molecule has 2 aromatic carbocycles. The minimum atomic E-state index is -0.506. The summed E-state index contributed by atoms with van der Waals surface area (Å²) in [6.45, 7) is 4.18. The van der Waals surface area contributed by atoms with Crippen molar-refractivity contribution in [2.45, 2.75) is 13.8 Å². The lowest BCUT2D eigenvalue weighted by molar-refractivity contribution is -0.383. The Bertz CT molecular complexity index is 782. The Morgan fingerprint density at radius 2 is 2.00 bits per heavy atom. The molecule has 0 radical (unpaired) electrons. The standard InChI is InChI=1S/C17H18N2O4/c1-11(2)10-23-16(20)8-7-12-9-15(19(21)22)13-5-3-4-6-14(13)17(12)18/h3-9,11H,10,18H2,1-2H3/b8-7-. The number of nitrogens with zero attached hydrogens (tertiary/aromatic N) is 1. The number of anilines is 1. The molecule has 0 fully saturated rings. The molecule has 0 saturated carbocycles. The molecule has 2 N–H and O–H groups in total. The van der Waals surface area contributed by atoms with Crippen LogP contribution in [0.15, 0.2) is 36.4 Å². The molecule has 6 nitrogen and oxygen atoms in total. The predicted molar refractivity (Wildman–Crippen MR) is 89.8 cm³/mol. The Labute approximate surface area is 133 Å². The Balaban J connectivity index is 2.39. The average Bonchev–Trinajstić information content (AvgIpc) is 2.52. The smallest absolute Gasteiger partial charge is 0.330 e. The van der Waals surface area contributed by atoms with Crippen molar-refractivity contribution in [2.75, 3.05) is 12.3 Å². The van der Waals surface area contributed by atoms with E-state index in [0.29, 0.717) is 28.6 Å². The summed E-state index contributed by atoms with van der Waals surface area (Å²) >= 11 is 0. The number of hydrogen-bond acceptors (Lipinski definition) is 5. The summed E-state index contributed by atoms with van der Waals surface area (Å²) in [6.07, 6.45) is 2.67. The number of nitro groups is 1. The van der Waals surface area contributed by atoms with Crippen LogP contribution in [0.4, 0.5) is 11.4 Å². The summed E-state index contributed by atoms with van der Waals surface area (Å²) in [6, 6.07) is 8.20. The van der Waals surface area contributed by atoms with Gasteiger partial charge in [-0.15, -0.1) is 0 Å². The van der Waals surface area contributed by atoms with Gasteiger partial charge in [-0.05, 0) is 18.1 Å². The van der Waals surface area contributed by atoms with E-state index in [-0.39, 0.29) is 11.6 Å². The Hall–Kier alpha value is -2.89. The number of nitrogen functional groups attached to an aromatic ring is 1. The maximum atomic E-state index is 11.6. The number of nitro benzene ring substituents is 1. The van der Waals surface area contributed by atoms with E-state index in [0.717, 1.165) is 0 Å². The van der Waals surface area contributed by atoms with Gasteiger partial charge in [0.1, 0.15) is 0 Å². The van der Waals surface area contributed by atoms with Crippen LogP contribution in [0.1, 0.15) is 19.4 Å². The number of hydrogen-bond donors (Lipinski definition) is 1. The Kier molecular flexibility index (Phi) is 4.95. The molecule has 120 valence electrons. The van der Waals surface area contributed by atoms with Crippen molar-refractivity contribution in [1.82, 2.24) is 0 Å². The van der Waals surface area contributed by atoms with Crippen LogP contribution in [-0.2, 0) is 9.53 Å². The van der Waals surface area contributed by atoms with Crippen LogP contribution in [0.25, 0.3) is 16.8 Å². The molecule has 0 atom stereocenters. The first-order chi connectivity index (χ1) is 10.9. The second kappa shape index (κ2) is 6.91. The van der Waals surface area contributed by atoms with Crippen molar-refractivity contribution in [3.8, 4) is 0 Å². The summed E-state index contributed by atoms with van der Waals surface area (Å²) < 4.78 is 5.03. The molecule has 0 heterocycles. The second-order valence-electron chi connectivity index (χ2n) is 5.56. The molecule has 23 heavy (non-hydrogen) atoms. The molecule has 2 rings (SSSR count). The van der Waals surface area contributed by atoms with Gasteiger partial charge in [-0.25, -0.2) is 4.79 Å². The first kappa shape index (κ1) is 16.5. The third-order valence-electron chi connectivity index (χ3n) is 3.25. The summed E-state index contributed by atoms with van der Waals surface area (Å²) in [5, 5.41) is 12.3. The quantitative estimate of drug-likeness (QED) is 0.299. The molecule has 0 aliphatic heterocycles. The van der Waals surface area contributed by atoms with Crippen LogP contribution in [0.5, 0.6) is 0 Å². The molecule has 0 amide bonds. The lowest BCUT2D eigenvalue weighted by Gasteiger charge is -2.07. The third-order valence-corrected chi connectivity index (χ3v) is 3.25. The van der Waals surface area contributed by atoms with Gasteiger partial charge in [0, 0.05) is 28.8 Å². The largest absolute Gasteiger partial charge is 0.462 e. The van der Waals surface area contributed by atoms with Crippen molar-refractivity contribution in [3.63, 3.8) is 0 Å². The Morgan fingerprint density at radius 1 is 1.35 bits per heavy atom.